The maximum Gasteiger partial charge on any atom is 0.309 e. The number of unbranched alkanes of at least 4 members (excludes halogenated alkanes) is 7. The smallest absolute Gasteiger partial charge is 0.309 e. The van der Waals surface area contributed by atoms with Gasteiger partial charge < -0.3 is 4.74 Å². The summed E-state index contributed by atoms with van der Waals surface area (Å²) in [7, 11) is -1.86. The molecule has 0 aromatic carbocycles. The second kappa shape index (κ2) is 11.1. The van der Waals surface area contributed by atoms with Gasteiger partial charge >= 0.3 is 5.97 Å². The van der Waals surface area contributed by atoms with E-state index in [-0.39, 0.29) is 11.5 Å². The van der Waals surface area contributed by atoms with Crippen LogP contribution >= 0.6 is 0 Å². The number of carbonyl (C=O) groups is 1. The van der Waals surface area contributed by atoms with E-state index < -0.39 is 21.7 Å². The summed E-state index contributed by atoms with van der Waals surface area (Å²) in [6.45, 7) is 3.79. The average Bonchev–Trinajstić information content (AvgIpc) is 2.40. The lowest BCUT2D eigenvalue weighted by Crippen LogP contribution is -2.24. The summed E-state index contributed by atoms with van der Waals surface area (Å²) < 4.78 is 28.2. The van der Waals surface area contributed by atoms with Crippen LogP contribution in [0.5, 0.6) is 0 Å². The van der Waals surface area contributed by atoms with E-state index in [0.29, 0.717) is 6.42 Å². The topological polar surface area (TPSA) is 60.4 Å². The van der Waals surface area contributed by atoms with Crippen LogP contribution in [0.1, 0.15) is 65.2 Å². The normalized spacial score (nSPS) is 13.2. The van der Waals surface area contributed by atoms with Gasteiger partial charge in [-0.1, -0.05) is 58.8 Å². The van der Waals surface area contributed by atoms with E-state index in [2.05, 4.69) is 11.7 Å². The number of hydrogen-bond donors (Lipinski definition) is 0. The molecule has 0 heterocycles. The van der Waals surface area contributed by atoms with Crippen molar-refractivity contribution in [3.05, 3.63) is 0 Å². The molecule has 0 N–H and O–H groups in total. The molecule has 0 aromatic heterocycles. The Labute approximate surface area is 124 Å². The molecule has 0 spiro atoms. The van der Waals surface area contributed by atoms with Crippen molar-refractivity contribution in [3.63, 3.8) is 0 Å². The molecular formula is C15H30O4S. The third-order valence-corrected chi connectivity index (χ3v) is 5.33. The predicted octanol–water partition coefficient (Wildman–Crippen LogP) is 3.35. The van der Waals surface area contributed by atoms with Crippen molar-refractivity contribution >= 4 is 15.8 Å². The Kier molecular flexibility index (Phi) is 10.8. The van der Waals surface area contributed by atoms with E-state index in [9.17, 15) is 13.2 Å². The molecule has 0 aromatic rings. The lowest BCUT2D eigenvalue weighted by molar-refractivity contribution is -0.144. The molecule has 0 saturated heterocycles. The van der Waals surface area contributed by atoms with Gasteiger partial charge in [0.1, 0.15) is 0 Å². The van der Waals surface area contributed by atoms with Crippen LogP contribution in [0, 0.1) is 5.92 Å². The highest BCUT2D eigenvalue weighted by molar-refractivity contribution is 7.91. The van der Waals surface area contributed by atoms with Crippen molar-refractivity contribution in [1.29, 1.82) is 0 Å². The molecule has 0 bridgehead atoms. The minimum atomic E-state index is -3.14. The molecule has 120 valence electrons. The summed E-state index contributed by atoms with van der Waals surface area (Å²) in [5, 5.41) is 0. The zero-order valence-electron chi connectivity index (χ0n) is 13.2. The van der Waals surface area contributed by atoms with Crippen LogP contribution in [0.4, 0.5) is 0 Å². The first-order valence-electron chi connectivity index (χ1n) is 7.71. The van der Waals surface area contributed by atoms with Gasteiger partial charge in [-0.25, -0.2) is 8.42 Å². The Hall–Kier alpha value is -0.580. The molecule has 0 radical (unpaired) electrons. The van der Waals surface area contributed by atoms with Crippen LogP contribution in [0.3, 0.4) is 0 Å². The molecule has 20 heavy (non-hydrogen) atoms. The van der Waals surface area contributed by atoms with E-state index in [1.807, 2.05) is 0 Å². The molecule has 0 aliphatic rings. The molecule has 0 fully saturated rings. The molecule has 1 unspecified atom stereocenters. The minimum Gasteiger partial charge on any atom is -0.469 e. The fourth-order valence-electron chi connectivity index (χ4n) is 2.19. The predicted molar refractivity (Wildman–Crippen MR) is 82.4 cm³/mol. The van der Waals surface area contributed by atoms with Crippen LogP contribution in [0.25, 0.3) is 0 Å². The molecule has 0 rings (SSSR count). The summed E-state index contributed by atoms with van der Waals surface area (Å²) in [6.07, 6.45) is 9.02. The summed E-state index contributed by atoms with van der Waals surface area (Å²) in [5.41, 5.74) is 0. The molecule has 5 heteroatoms. The van der Waals surface area contributed by atoms with E-state index in [0.717, 1.165) is 12.8 Å². The van der Waals surface area contributed by atoms with E-state index in [1.165, 1.54) is 39.2 Å². The third-order valence-electron chi connectivity index (χ3n) is 3.42. The SMILES string of the molecule is CCCCCCCCCCS(=O)(=O)CC(C)C(=O)OC. The summed E-state index contributed by atoms with van der Waals surface area (Å²) >= 11 is 0. The van der Waals surface area contributed by atoms with E-state index in [4.69, 9.17) is 0 Å². The third kappa shape index (κ3) is 10.2. The van der Waals surface area contributed by atoms with Crippen molar-refractivity contribution in [2.75, 3.05) is 18.6 Å². The van der Waals surface area contributed by atoms with Gasteiger partial charge in [-0.15, -0.1) is 0 Å². The minimum absolute atomic E-state index is 0.101. The van der Waals surface area contributed by atoms with Gasteiger partial charge in [-0.3, -0.25) is 4.79 Å². The Morgan fingerprint density at radius 2 is 1.50 bits per heavy atom. The van der Waals surface area contributed by atoms with Crippen LogP contribution in [0.2, 0.25) is 0 Å². The van der Waals surface area contributed by atoms with Crippen LogP contribution in [-0.4, -0.2) is 33.0 Å². The fraction of sp³-hybridized carbons (Fsp3) is 0.933. The van der Waals surface area contributed by atoms with Crippen molar-refractivity contribution < 1.29 is 17.9 Å². The van der Waals surface area contributed by atoms with Gasteiger partial charge in [0.25, 0.3) is 0 Å². The molecule has 0 saturated carbocycles. The molecular weight excluding hydrogens is 276 g/mol. The largest absolute Gasteiger partial charge is 0.469 e. The van der Waals surface area contributed by atoms with Crippen molar-refractivity contribution in [2.24, 2.45) is 5.92 Å². The number of hydrogen-bond acceptors (Lipinski definition) is 4. The Morgan fingerprint density at radius 3 is 2.00 bits per heavy atom. The van der Waals surface area contributed by atoms with Crippen molar-refractivity contribution in [3.8, 4) is 0 Å². The number of rotatable bonds is 12. The lowest BCUT2D eigenvalue weighted by atomic mass is 10.1. The standard InChI is InChI=1S/C15H30O4S/c1-4-5-6-7-8-9-10-11-12-20(17,18)13-14(2)15(16)19-3/h14H,4-13H2,1-3H3. The van der Waals surface area contributed by atoms with Gasteiger partial charge in [0, 0.05) is 0 Å². The number of sulfone groups is 1. The molecule has 0 amide bonds. The Morgan fingerprint density at radius 1 is 1.00 bits per heavy atom. The van der Waals surface area contributed by atoms with E-state index in [1.54, 1.807) is 6.92 Å². The summed E-state index contributed by atoms with van der Waals surface area (Å²) in [5.74, 6) is -0.942. The highest BCUT2D eigenvalue weighted by Crippen LogP contribution is 2.11. The first-order chi connectivity index (χ1) is 9.43. The van der Waals surface area contributed by atoms with Gasteiger partial charge in [-0.2, -0.15) is 0 Å². The molecule has 0 aliphatic heterocycles. The van der Waals surface area contributed by atoms with Crippen molar-refractivity contribution in [2.45, 2.75) is 65.2 Å². The monoisotopic (exact) mass is 306 g/mol. The maximum atomic E-state index is 11.8. The molecule has 0 aliphatic carbocycles. The van der Waals surface area contributed by atoms with Gasteiger partial charge in [0.15, 0.2) is 9.84 Å². The second-order valence-electron chi connectivity index (χ2n) is 5.51. The van der Waals surface area contributed by atoms with Crippen LogP contribution in [-0.2, 0) is 19.4 Å². The zero-order chi connectivity index (χ0) is 15.4. The first-order valence-corrected chi connectivity index (χ1v) is 9.53. The number of esters is 1. The highest BCUT2D eigenvalue weighted by Gasteiger charge is 2.21. The second-order valence-corrected chi connectivity index (χ2v) is 7.74. The van der Waals surface area contributed by atoms with Gasteiger partial charge in [-0.05, 0) is 6.42 Å². The van der Waals surface area contributed by atoms with Gasteiger partial charge in [0.05, 0.1) is 24.5 Å². The number of carbonyl (C=O) groups excluding carboxylic acids is 1. The Balaban J connectivity index is 3.70. The first kappa shape index (κ1) is 19.4. The summed E-state index contributed by atoms with van der Waals surface area (Å²) in [6, 6.07) is 0. The van der Waals surface area contributed by atoms with Crippen molar-refractivity contribution in [1.82, 2.24) is 0 Å². The molecule has 1 atom stereocenters. The maximum absolute atomic E-state index is 11.8. The highest BCUT2D eigenvalue weighted by atomic mass is 32.2. The molecule has 4 nitrogen and oxygen atoms in total. The van der Waals surface area contributed by atoms with Gasteiger partial charge in [0.2, 0.25) is 0 Å². The van der Waals surface area contributed by atoms with E-state index >= 15 is 0 Å². The number of ether oxygens (including phenoxy) is 1. The summed E-state index contributed by atoms with van der Waals surface area (Å²) in [4.78, 5) is 11.2. The average molecular weight is 306 g/mol. The quantitative estimate of drug-likeness (QED) is 0.410. The van der Waals surface area contributed by atoms with Crippen LogP contribution in [0.15, 0.2) is 0 Å². The number of methoxy groups -OCH3 is 1. The zero-order valence-corrected chi connectivity index (χ0v) is 14.0. The lowest BCUT2D eigenvalue weighted by Gasteiger charge is -2.09. The van der Waals surface area contributed by atoms with Crippen LogP contribution < -0.4 is 0 Å². The fourth-order valence-corrected chi connectivity index (χ4v) is 3.90. The Bertz CT molecular complexity index is 349.